The highest BCUT2D eigenvalue weighted by Crippen LogP contribution is 2.39. The van der Waals surface area contributed by atoms with Crippen molar-refractivity contribution >= 4 is 23.1 Å². The summed E-state index contributed by atoms with van der Waals surface area (Å²) >= 11 is 2.53. The second kappa shape index (κ2) is 11.8. The van der Waals surface area contributed by atoms with Crippen LogP contribution >= 0.6 is 23.1 Å². The first kappa shape index (κ1) is 26.0. The molecule has 0 amide bonds. The number of ether oxygens (including phenoxy) is 2. The van der Waals surface area contributed by atoms with E-state index in [9.17, 15) is 19.3 Å². The van der Waals surface area contributed by atoms with Gasteiger partial charge in [0.1, 0.15) is 40.1 Å². The summed E-state index contributed by atoms with van der Waals surface area (Å²) in [4.78, 5) is 8.90. The maximum atomic E-state index is 13.6. The Balaban J connectivity index is 1.66. The van der Waals surface area contributed by atoms with E-state index in [0.717, 1.165) is 12.1 Å². The van der Waals surface area contributed by atoms with E-state index in [1.165, 1.54) is 36.3 Å². The molecule has 0 saturated heterocycles. The molecular weight excluding hydrogens is 518 g/mol. The van der Waals surface area contributed by atoms with Gasteiger partial charge in [-0.05, 0) is 35.9 Å². The van der Waals surface area contributed by atoms with Crippen molar-refractivity contribution in [2.45, 2.75) is 10.8 Å². The van der Waals surface area contributed by atoms with Gasteiger partial charge in [0.15, 0.2) is 11.6 Å². The number of benzene rings is 2. The monoisotopic (exact) mass is 536 g/mol. The van der Waals surface area contributed by atoms with Gasteiger partial charge in [0.05, 0.1) is 25.0 Å². The fraction of sp³-hybridized carbons (Fsp3) is 0.154. The molecule has 0 spiro atoms. The molecule has 1 N–H and O–H groups in total. The second-order valence-corrected chi connectivity index (χ2v) is 9.25. The van der Waals surface area contributed by atoms with Gasteiger partial charge in [-0.25, -0.2) is 18.7 Å². The zero-order chi connectivity index (χ0) is 26.4. The number of methoxy groups -OCH3 is 1. The molecule has 2 aromatic carbocycles. The van der Waals surface area contributed by atoms with Crippen LogP contribution < -0.4 is 9.47 Å². The molecule has 0 radical (unpaired) electrons. The Labute approximate surface area is 219 Å². The van der Waals surface area contributed by atoms with Crippen molar-refractivity contribution in [2.75, 3.05) is 20.3 Å². The van der Waals surface area contributed by atoms with Crippen molar-refractivity contribution < 1.29 is 23.4 Å². The van der Waals surface area contributed by atoms with E-state index in [4.69, 9.17) is 14.6 Å². The molecule has 0 aliphatic rings. The molecule has 0 bridgehead atoms. The molecule has 0 fully saturated rings. The summed E-state index contributed by atoms with van der Waals surface area (Å²) < 4.78 is 37.6. The summed E-state index contributed by atoms with van der Waals surface area (Å²) in [5, 5.41) is 31.5. The minimum Gasteiger partial charge on any atom is -0.491 e. The predicted molar refractivity (Wildman–Crippen MR) is 135 cm³/mol. The Bertz CT molecular complexity index is 1510. The van der Waals surface area contributed by atoms with E-state index in [1.807, 2.05) is 0 Å². The highest BCUT2D eigenvalue weighted by Gasteiger charge is 2.23. The van der Waals surface area contributed by atoms with Crippen molar-refractivity contribution in [3.05, 3.63) is 76.3 Å². The van der Waals surface area contributed by atoms with Crippen molar-refractivity contribution in [2.24, 2.45) is 0 Å². The lowest BCUT2D eigenvalue weighted by atomic mass is 9.97. The number of thiazole rings is 1. The molecule has 0 aliphatic heterocycles. The second-order valence-electron chi connectivity index (χ2n) is 7.43. The summed E-state index contributed by atoms with van der Waals surface area (Å²) in [5.41, 5.74) is 2.44. The SMILES string of the molecule is COc1nc(SCc2csc(-c3ccc(F)c(F)c3)n2)c(C#N)c(-c2ccc(OCCO)cc2)c1C#N. The van der Waals surface area contributed by atoms with Crippen LogP contribution in [0.4, 0.5) is 8.78 Å². The van der Waals surface area contributed by atoms with Gasteiger partial charge in [0.2, 0.25) is 5.88 Å². The van der Waals surface area contributed by atoms with Crippen LogP contribution in [-0.2, 0) is 5.75 Å². The highest BCUT2D eigenvalue weighted by molar-refractivity contribution is 7.98. The van der Waals surface area contributed by atoms with Gasteiger partial charge < -0.3 is 14.6 Å². The van der Waals surface area contributed by atoms with Crippen molar-refractivity contribution in [3.8, 4) is 45.5 Å². The normalized spacial score (nSPS) is 10.5. The van der Waals surface area contributed by atoms with Gasteiger partial charge >= 0.3 is 0 Å². The standard InChI is InChI=1S/C26H18F2N4O3S2/c1-34-24-19(11-29)23(15-2-5-18(6-3-15)35-9-8-33)20(12-30)26(32-24)37-14-17-13-36-25(31-17)16-4-7-21(27)22(28)10-16/h2-7,10,13,33H,8-9,14H2,1H3. The Kier molecular flexibility index (Phi) is 8.31. The van der Waals surface area contributed by atoms with Crippen LogP contribution in [0, 0.1) is 34.3 Å². The summed E-state index contributed by atoms with van der Waals surface area (Å²) in [6, 6.07) is 14.7. The quantitative estimate of drug-likeness (QED) is 0.277. The number of aliphatic hydroxyl groups is 1. The number of pyridine rings is 1. The van der Waals surface area contributed by atoms with Gasteiger partial charge in [-0.15, -0.1) is 11.3 Å². The van der Waals surface area contributed by atoms with Crippen LogP contribution in [0.1, 0.15) is 16.8 Å². The molecule has 2 heterocycles. The number of rotatable bonds is 9. The lowest BCUT2D eigenvalue weighted by Crippen LogP contribution is -2.03. The van der Waals surface area contributed by atoms with Crippen LogP contribution in [0.5, 0.6) is 11.6 Å². The smallest absolute Gasteiger partial charge is 0.233 e. The van der Waals surface area contributed by atoms with Gasteiger partial charge in [-0.1, -0.05) is 23.9 Å². The molecule has 0 saturated carbocycles. The van der Waals surface area contributed by atoms with Gasteiger partial charge in [-0.2, -0.15) is 10.5 Å². The highest BCUT2D eigenvalue weighted by atomic mass is 32.2. The summed E-state index contributed by atoms with van der Waals surface area (Å²) in [5.74, 6) is -0.920. The Hall–Kier alpha value is -4.03. The van der Waals surface area contributed by atoms with E-state index in [0.29, 0.717) is 43.9 Å². The Morgan fingerprint density at radius 2 is 1.73 bits per heavy atom. The zero-order valence-electron chi connectivity index (χ0n) is 19.4. The van der Waals surface area contributed by atoms with Crippen molar-refractivity contribution in [1.82, 2.24) is 9.97 Å². The number of hydrogen-bond donors (Lipinski definition) is 1. The average molecular weight is 537 g/mol. The maximum absolute atomic E-state index is 13.6. The van der Waals surface area contributed by atoms with Crippen molar-refractivity contribution in [3.63, 3.8) is 0 Å². The Morgan fingerprint density at radius 1 is 1.00 bits per heavy atom. The van der Waals surface area contributed by atoms with Crippen molar-refractivity contribution in [1.29, 1.82) is 10.5 Å². The number of thioether (sulfide) groups is 1. The molecule has 0 aliphatic carbocycles. The summed E-state index contributed by atoms with van der Waals surface area (Å²) in [6.07, 6.45) is 0. The number of aromatic nitrogens is 2. The average Bonchev–Trinajstić information content (AvgIpc) is 3.40. The zero-order valence-corrected chi connectivity index (χ0v) is 21.0. The van der Waals surface area contributed by atoms with Crippen LogP contribution in [-0.4, -0.2) is 35.4 Å². The topological polar surface area (TPSA) is 112 Å². The minimum atomic E-state index is -0.948. The first-order valence-corrected chi connectivity index (χ1v) is 12.6. The molecule has 37 heavy (non-hydrogen) atoms. The third-order valence-corrected chi connectivity index (χ3v) is 7.07. The van der Waals surface area contributed by atoms with E-state index >= 15 is 0 Å². The van der Waals surface area contributed by atoms with Gasteiger partial charge in [0.25, 0.3) is 0 Å². The molecule has 0 atom stereocenters. The van der Waals surface area contributed by atoms with E-state index in [2.05, 4.69) is 22.1 Å². The maximum Gasteiger partial charge on any atom is 0.233 e. The fourth-order valence-electron chi connectivity index (χ4n) is 3.45. The number of nitriles is 2. The molecule has 7 nitrogen and oxygen atoms in total. The number of nitrogens with zero attached hydrogens (tertiary/aromatic N) is 4. The van der Waals surface area contributed by atoms with E-state index < -0.39 is 11.6 Å². The lowest BCUT2D eigenvalue weighted by Gasteiger charge is -2.14. The summed E-state index contributed by atoms with van der Waals surface area (Å²) in [7, 11) is 1.40. The van der Waals surface area contributed by atoms with Gasteiger partial charge in [-0.3, -0.25) is 0 Å². The van der Waals surface area contributed by atoms with Crippen LogP contribution in [0.3, 0.4) is 0 Å². The third-order valence-electron chi connectivity index (χ3n) is 5.13. The van der Waals surface area contributed by atoms with Crippen LogP contribution in [0.2, 0.25) is 0 Å². The number of hydrogen-bond acceptors (Lipinski definition) is 9. The molecule has 11 heteroatoms. The molecule has 4 aromatic rings. The predicted octanol–water partition coefficient (Wildman–Crippen LogP) is 5.57. The third kappa shape index (κ3) is 5.70. The first-order valence-electron chi connectivity index (χ1n) is 10.8. The molecule has 2 aromatic heterocycles. The number of aliphatic hydroxyl groups excluding tert-OH is 1. The van der Waals surface area contributed by atoms with Crippen LogP contribution in [0.25, 0.3) is 21.7 Å². The molecular formula is C26H18F2N4O3S2. The molecule has 186 valence electrons. The Morgan fingerprint density at radius 3 is 2.38 bits per heavy atom. The van der Waals surface area contributed by atoms with Gasteiger partial charge in [0, 0.05) is 22.3 Å². The lowest BCUT2D eigenvalue weighted by molar-refractivity contribution is 0.201. The minimum absolute atomic E-state index is 0.0837. The summed E-state index contributed by atoms with van der Waals surface area (Å²) in [6.45, 7) is 0.0207. The molecule has 0 unspecified atom stereocenters. The van der Waals surface area contributed by atoms with E-state index in [-0.39, 0.29) is 30.2 Å². The molecule has 4 rings (SSSR count). The number of halogens is 2. The first-order chi connectivity index (χ1) is 18.0. The van der Waals surface area contributed by atoms with Crippen LogP contribution in [0.15, 0.2) is 52.9 Å². The van der Waals surface area contributed by atoms with E-state index in [1.54, 1.807) is 29.6 Å². The largest absolute Gasteiger partial charge is 0.491 e. The fourth-order valence-corrected chi connectivity index (χ4v) is 5.24.